The van der Waals surface area contributed by atoms with Crippen molar-refractivity contribution >= 4 is 0 Å². The van der Waals surface area contributed by atoms with E-state index >= 15 is 0 Å². The predicted octanol–water partition coefficient (Wildman–Crippen LogP) is 3.97. The first-order valence-corrected chi connectivity index (χ1v) is 5.49. The van der Waals surface area contributed by atoms with Gasteiger partial charge < -0.3 is 5.32 Å². The van der Waals surface area contributed by atoms with Gasteiger partial charge in [0.2, 0.25) is 0 Å². The maximum absolute atomic E-state index is 3.82. The van der Waals surface area contributed by atoms with E-state index in [2.05, 4.69) is 57.0 Å². The van der Waals surface area contributed by atoms with Crippen LogP contribution in [0.3, 0.4) is 0 Å². The fraction of sp³-hybridized carbons (Fsp3) is 0.429. The van der Waals surface area contributed by atoms with Gasteiger partial charge in [0.05, 0.1) is 0 Å². The molecule has 0 aromatic rings. The molecule has 0 saturated carbocycles. The van der Waals surface area contributed by atoms with Crippen molar-refractivity contribution in [3.63, 3.8) is 0 Å². The van der Waals surface area contributed by atoms with Crippen LogP contribution >= 0.6 is 0 Å². The van der Waals surface area contributed by atoms with Gasteiger partial charge in [-0.25, -0.2) is 0 Å². The monoisotopic (exact) mass is 205 g/mol. The minimum Gasteiger partial charge on any atom is -0.385 e. The van der Waals surface area contributed by atoms with E-state index in [1.165, 1.54) is 11.1 Å². The molecule has 0 aliphatic heterocycles. The van der Waals surface area contributed by atoms with Gasteiger partial charge in [-0.3, -0.25) is 0 Å². The van der Waals surface area contributed by atoms with Crippen LogP contribution < -0.4 is 5.32 Å². The van der Waals surface area contributed by atoms with E-state index in [-0.39, 0.29) is 0 Å². The average molecular weight is 205 g/mol. The van der Waals surface area contributed by atoms with Crippen LogP contribution in [0, 0.1) is 0 Å². The average Bonchev–Trinajstić information content (AvgIpc) is 2.21. The summed E-state index contributed by atoms with van der Waals surface area (Å²) in [6, 6.07) is 0. The molecule has 0 atom stereocenters. The molecular weight excluding hydrogens is 182 g/mol. The maximum Gasteiger partial charge on any atom is 0.0394 e. The first-order chi connectivity index (χ1) is 7.10. The molecule has 0 saturated heterocycles. The van der Waals surface area contributed by atoms with Crippen molar-refractivity contribution in [2.24, 2.45) is 0 Å². The molecule has 0 amide bonds. The molecule has 0 unspecified atom stereocenters. The van der Waals surface area contributed by atoms with Crippen LogP contribution in [-0.2, 0) is 0 Å². The van der Waals surface area contributed by atoms with Gasteiger partial charge >= 0.3 is 0 Å². The Morgan fingerprint density at radius 1 is 1.27 bits per heavy atom. The van der Waals surface area contributed by atoms with Crippen molar-refractivity contribution in [1.29, 1.82) is 0 Å². The smallest absolute Gasteiger partial charge is 0.0394 e. The first kappa shape index (κ1) is 13.8. The lowest BCUT2D eigenvalue weighted by Gasteiger charge is -2.06. The van der Waals surface area contributed by atoms with E-state index in [0.29, 0.717) is 0 Å². The Morgan fingerprint density at radius 2 is 1.93 bits per heavy atom. The molecule has 0 spiro atoms. The van der Waals surface area contributed by atoms with E-state index in [4.69, 9.17) is 0 Å². The molecule has 1 heteroatoms. The van der Waals surface area contributed by atoms with E-state index in [0.717, 1.165) is 18.7 Å². The molecule has 0 aliphatic rings. The Kier molecular flexibility index (Phi) is 7.43. The van der Waals surface area contributed by atoms with Crippen molar-refractivity contribution in [2.75, 3.05) is 6.54 Å². The Bertz CT molecular complexity index is 280. The quantitative estimate of drug-likeness (QED) is 0.647. The molecule has 1 nitrogen and oxygen atoms in total. The number of allylic oxidation sites excluding steroid dienone is 5. The van der Waals surface area contributed by atoms with E-state index in [1.54, 1.807) is 0 Å². The lowest BCUT2D eigenvalue weighted by Crippen LogP contribution is -2.13. The van der Waals surface area contributed by atoms with Gasteiger partial charge in [-0.1, -0.05) is 43.4 Å². The molecule has 0 bridgehead atoms. The van der Waals surface area contributed by atoms with Gasteiger partial charge in [-0.15, -0.1) is 0 Å². The number of nitrogens with one attached hydrogen (secondary N) is 1. The largest absolute Gasteiger partial charge is 0.385 e. The Balaban J connectivity index is 4.35. The highest BCUT2D eigenvalue weighted by molar-refractivity contribution is 5.27. The summed E-state index contributed by atoms with van der Waals surface area (Å²) in [6.07, 6.45) is 9.70. The van der Waals surface area contributed by atoms with E-state index in [1.807, 2.05) is 6.92 Å². The summed E-state index contributed by atoms with van der Waals surface area (Å²) < 4.78 is 0. The van der Waals surface area contributed by atoms with Gasteiger partial charge in [0.25, 0.3) is 0 Å². The van der Waals surface area contributed by atoms with E-state index < -0.39 is 0 Å². The zero-order valence-electron chi connectivity index (χ0n) is 10.4. The summed E-state index contributed by atoms with van der Waals surface area (Å²) in [5, 5.41) is 3.24. The third-order valence-corrected chi connectivity index (χ3v) is 2.08. The van der Waals surface area contributed by atoms with Crippen LogP contribution in [0.5, 0.6) is 0 Å². The van der Waals surface area contributed by atoms with E-state index in [9.17, 15) is 0 Å². The van der Waals surface area contributed by atoms with Crippen LogP contribution in [0.2, 0.25) is 0 Å². The van der Waals surface area contributed by atoms with Crippen LogP contribution in [0.4, 0.5) is 0 Å². The summed E-state index contributed by atoms with van der Waals surface area (Å²) in [7, 11) is 0. The third-order valence-electron chi connectivity index (χ3n) is 2.08. The molecule has 0 aromatic heterocycles. The number of hydrogen-bond acceptors (Lipinski definition) is 1. The van der Waals surface area contributed by atoms with Gasteiger partial charge in [0.15, 0.2) is 0 Å². The number of hydrogen-bond donors (Lipinski definition) is 1. The second kappa shape index (κ2) is 8.10. The topological polar surface area (TPSA) is 12.0 Å². The molecule has 1 N–H and O–H groups in total. The molecule has 0 heterocycles. The van der Waals surface area contributed by atoms with Crippen molar-refractivity contribution in [2.45, 2.75) is 34.1 Å². The zero-order chi connectivity index (χ0) is 11.7. The van der Waals surface area contributed by atoms with Crippen LogP contribution in [0.1, 0.15) is 34.1 Å². The lowest BCUT2D eigenvalue weighted by atomic mass is 10.1. The summed E-state index contributed by atoms with van der Waals surface area (Å²) >= 11 is 0. The highest BCUT2D eigenvalue weighted by Crippen LogP contribution is 2.02. The second-order valence-corrected chi connectivity index (χ2v) is 3.69. The van der Waals surface area contributed by atoms with Crippen LogP contribution in [-0.4, -0.2) is 6.54 Å². The molecule has 0 fully saturated rings. The molecule has 15 heavy (non-hydrogen) atoms. The third kappa shape index (κ3) is 7.80. The van der Waals surface area contributed by atoms with Crippen molar-refractivity contribution < 1.29 is 0 Å². The Hall–Kier alpha value is -1.24. The van der Waals surface area contributed by atoms with Gasteiger partial charge in [-0.05, 0) is 32.8 Å². The standard InChI is InChI=1S/C14H23N/c1-6-8-14(11-15-12(3)4)10-9-13(5)7-2/h7-10,15H,3,6,11H2,1-2,4-5H3/b10-9-,13-7-,14-8-. The molecule has 0 aromatic carbocycles. The summed E-state index contributed by atoms with van der Waals surface area (Å²) in [4.78, 5) is 0. The van der Waals surface area contributed by atoms with Crippen LogP contribution in [0.25, 0.3) is 0 Å². The Morgan fingerprint density at radius 3 is 2.40 bits per heavy atom. The normalized spacial score (nSPS) is 13.3. The van der Waals surface area contributed by atoms with Gasteiger partial charge in [-0.2, -0.15) is 0 Å². The highest BCUT2D eigenvalue weighted by Gasteiger charge is 1.91. The fourth-order valence-corrected chi connectivity index (χ4v) is 1.05. The molecule has 84 valence electrons. The molecular formula is C14H23N. The fourth-order valence-electron chi connectivity index (χ4n) is 1.05. The molecule has 0 rings (SSSR count). The molecule has 0 aliphatic carbocycles. The second-order valence-electron chi connectivity index (χ2n) is 3.69. The summed E-state index contributed by atoms with van der Waals surface area (Å²) in [5.41, 5.74) is 3.60. The van der Waals surface area contributed by atoms with Crippen molar-refractivity contribution in [3.05, 3.63) is 47.7 Å². The maximum atomic E-state index is 3.82. The highest BCUT2D eigenvalue weighted by atomic mass is 14.9. The van der Waals surface area contributed by atoms with Crippen molar-refractivity contribution in [3.8, 4) is 0 Å². The summed E-state index contributed by atoms with van der Waals surface area (Å²) in [5.74, 6) is 0. The van der Waals surface area contributed by atoms with Gasteiger partial charge in [0, 0.05) is 12.2 Å². The van der Waals surface area contributed by atoms with Gasteiger partial charge in [0.1, 0.15) is 0 Å². The molecule has 0 radical (unpaired) electrons. The van der Waals surface area contributed by atoms with Crippen molar-refractivity contribution in [1.82, 2.24) is 5.32 Å². The Labute approximate surface area is 94.3 Å². The first-order valence-electron chi connectivity index (χ1n) is 5.49. The minimum absolute atomic E-state index is 0.858. The van der Waals surface area contributed by atoms with Crippen LogP contribution in [0.15, 0.2) is 47.7 Å². The number of rotatable bonds is 6. The minimum atomic E-state index is 0.858. The predicted molar refractivity (Wildman–Crippen MR) is 69.8 cm³/mol. The zero-order valence-corrected chi connectivity index (χ0v) is 10.4. The lowest BCUT2D eigenvalue weighted by molar-refractivity contribution is 0.883. The SMILES string of the molecule is C=C(C)NCC(/C=C\C(C)=C/C)=C\CC. The summed E-state index contributed by atoms with van der Waals surface area (Å²) in [6.45, 7) is 13.0.